The molecule has 1 aliphatic heterocycles. The fourth-order valence-corrected chi connectivity index (χ4v) is 5.09. The van der Waals surface area contributed by atoms with Gasteiger partial charge in [-0.25, -0.2) is 4.98 Å². The number of rotatable bonds is 10. The van der Waals surface area contributed by atoms with Gasteiger partial charge in [0.1, 0.15) is 5.56 Å². The SMILES string of the molecule is CCCN1CCN(c2ccc(Nc3ncc(C(=O)Nc4c(C)cccc4C)c(Oc4ccccc4OC)n3)cc2)CC1. The maximum Gasteiger partial charge on any atom is 0.262 e. The van der Waals surface area contributed by atoms with Crippen LogP contribution < -0.4 is 25.0 Å². The van der Waals surface area contributed by atoms with Crippen molar-refractivity contribution < 1.29 is 14.3 Å². The minimum atomic E-state index is -0.368. The van der Waals surface area contributed by atoms with Gasteiger partial charge in [0, 0.05) is 49.4 Å². The van der Waals surface area contributed by atoms with E-state index in [2.05, 4.69) is 49.5 Å². The smallest absolute Gasteiger partial charge is 0.262 e. The first-order valence-corrected chi connectivity index (χ1v) is 14.3. The summed E-state index contributed by atoms with van der Waals surface area (Å²) in [6.07, 6.45) is 2.67. The first-order valence-electron chi connectivity index (χ1n) is 14.3. The van der Waals surface area contributed by atoms with Crippen LogP contribution in [0.25, 0.3) is 0 Å². The van der Waals surface area contributed by atoms with Crippen LogP contribution in [0.2, 0.25) is 0 Å². The van der Waals surface area contributed by atoms with Crippen molar-refractivity contribution in [2.24, 2.45) is 0 Å². The van der Waals surface area contributed by atoms with Crippen molar-refractivity contribution in [2.45, 2.75) is 27.2 Å². The van der Waals surface area contributed by atoms with E-state index in [1.807, 2.05) is 56.3 Å². The molecule has 0 radical (unpaired) electrons. The summed E-state index contributed by atoms with van der Waals surface area (Å²) in [6, 6.07) is 21.3. The zero-order valence-electron chi connectivity index (χ0n) is 24.7. The third-order valence-corrected chi connectivity index (χ3v) is 7.39. The summed E-state index contributed by atoms with van der Waals surface area (Å²) in [5, 5.41) is 6.26. The Bertz CT molecular complexity index is 1500. The van der Waals surface area contributed by atoms with Gasteiger partial charge in [-0.2, -0.15) is 4.98 Å². The molecule has 5 rings (SSSR count). The highest BCUT2D eigenvalue weighted by molar-refractivity contribution is 6.06. The molecular formula is C33H38N6O3. The second-order valence-corrected chi connectivity index (χ2v) is 10.4. The van der Waals surface area contributed by atoms with Gasteiger partial charge in [-0.1, -0.05) is 37.3 Å². The number of nitrogens with zero attached hydrogens (tertiary/aromatic N) is 4. The van der Waals surface area contributed by atoms with Gasteiger partial charge in [0.05, 0.1) is 7.11 Å². The Morgan fingerprint density at radius 1 is 0.905 bits per heavy atom. The van der Waals surface area contributed by atoms with Crippen LogP contribution in [0.4, 0.5) is 23.0 Å². The van der Waals surface area contributed by atoms with Crippen LogP contribution in [-0.2, 0) is 0 Å². The number of piperazine rings is 1. The van der Waals surface area contributed by atoms with Crippen molar-refractivity contribution in [3.8, 4) is 17.4 Å². The summed E-state index contributed by atoms with van der Waals surface area (Å²) in [4.78, 5) is 27.5. The van der Waals surface area contributed by atoms with Gasteiger partial charge in [0.15, 0.2) is 11.5 Å². The van der Waals surface area contributed by atoms with Crippen LogP contribution in [0.3, 0.4) is 0 Å². The fourth-order valence-electron chi connectivity index (χ4n) is 5.09. The topological polar surface area (TPSA) is 91.9 Å². The normalized spacial score (nSPS) is 13.5. The lowest BCUT2D eigenvalue weighted by molar-refractivity contribution is 0.102. The fraction of sp³-hybridized carbons (Fsp3) is 0.303. The van der Waals surface area contributed by atoms with Gasteiger partial charge >= 0.3 is 0 Å². The van der Waals surface area contributed by atoms with Gasteiger partial charge in [0.25, 0.3) is 5.91 Å². The number of aromatic nitrogens is 2. The number of carbonyl (C=O) groups is 1. The first kappa shape index (κ1) is 28.9. The van der Waals surface area contributed by atoms with Crippen molar-refractivity contribution in [2.75, 3.05) is 55.4 Å². The van der Waals surface area contributed by atoms with Crippen molar-refractivity contribution in [1.29, 1.82) is 0 Å². The van der Waals surface area contributed by atoms with E-state index in [9.17, 15) is 4.79 Å². The number of hydrogen-bond acceptors (Lipinski definition) is 8. The van der Waals surface area contributed by atoms with Crippen molar-refractivity contribution in [3.63, 3.8) is 0 Å². The highest BCUT2D eigenvalue weighted by Crippen LogP contribution is 2.33. The Morgan fingerprint density at radius 2 is 1.60 bits per heavy atom. The van der Waals surface area contributed by atoms with E-state index in [1.54, 1.807) is 19.2 Å². The average molecular weight is 567 g/mol. The minimum absolute atomic E-state index is 0.113. The molecule has 3 aromatic carbocycles. The Kier molecular flexibility index (Phi) is 9.18. The highest BCUT2D eigenvalue weighted by Gasteiger charge is 2.21. The van der Waals surface area contributed by atoms with E-state index in [0.29, 0.717) is 17.4 Å². The quantitative estimate of drug-likeness (QED) is 0.227. The van der Waals surface area contributed by atoms with E-state index in [0.717, 1.165) is 55.2 Å². The molecule has 1 aromatic heterocycles. The monoisotopic (exact) mass is 566 g/mol. The summed E-state index contributed by atoms with van der Waals surface area (Å²) >= 11 is 0. The molecule has 0 unspecified atom stereocenters. The third-order valence-electron chi connectivity index (χ3n) is 7.39. The van der Waals surface area contributed by atoms with E-state index >= 15 is 0 Å². The molecule has 2 N–H and O–H groups in total. The van der Waals surface area contributed by atoms with Gasteiger partial charge in [-0.05, 0) is 74.3 Å². The number of benzene rings is 3. The lowest BCUT2D eigenvalue weighted by atomic mass is 10.1. The predicted molar refractivity (Wildman–Crippen MR) is 168 cm³/mol. The number of hydrogen-bond donors (Lipinski definition) is 2. The molecule has 1 saturated heterocycles. The van der Waals surface area contributed by atoms with Crippen LogP contribution in [0.5, 0.6) is 17.4 Å². The maximum absolute atomic E-state index is 13.5. The van der Waals surface area contributed by atoms with Crippen LogP contribution >= 0.6 is 0 Å². The molecule has 0 spiro atoms. The number of anilines is 4. The number of methoxy groups -OCH3 is 1. The van der Waals surface area contributed by atoms with E-state index < -0.39 is 0 Å². The number of para-hydroxylation sites is 3. The maximum atomic E-state index is 13.5. The number of carbonyl (C=O) groups excluding carboxylic acids is 1. The number of aryl methyl sites for hydroxylation is 2. The summed E-state index contributed by atoms with van der Waals surface area (Å²) in [6.45, 7) is 11.5. The summed E-state index contributed by atoms with van der Waals surface area (Å²) in [5.41, 5.74) is 4.89. The lowest BCUT2D eigenvalue weighted by Gasteiger charge is -2.36. The van der Waals surface area contributed by atoms with E-state index in [-0.39, 0.29) is 17.4 Å². The lowest BCUT2D eigenvalue weighted by Crippen LogP contribution is -2.46. The summed E-state index contributed by atoms with van der Waals surface area (Å²) in [5.74, 6) is 1.02. The predicted octanol–water partition coefficient (Wildman–Crippen LogP) is 6.42. The third kappa shape index (κ3) is 6.80. The van der Waals surface area contributed by atoms with Gasteiger partial charge in [-0.15, -0.1) is 0 Å². The Labute approximate surface area is 247 Å². The molecule has 0 atom stereocenters. The van der Waals surface area contributed by atoms with Crippen molar-refractivity contribution in [1.82, 2.24) is 14.9 Å². The molecule has 0 saturated carbocycles. The second kappa shape index (κ2) is 13.4. The average Bonchev–Trinajstić information content (AvgIpc) is 3.00. The number of ether oxygens (including phenoxy) is 2. The molecule has 0 bridgehead atoms. The van der Waals surface area contributed by atoms with E-state index in [4.69, 9.17) is 9.47 Å². The van der Waals surface area contributed by atoms with Crippen molar-refractivity contribution >= 4 is 28.9 Å². The molecule has 9 heteroatoms. The number of amides is 1. The zero-order chi connectivity index (χ0) is 29.5. The molecule has 1 fully saturated rings. The highest BCUT2D eigenvalue weighted by atomic mass is 16.5. The Balaban J connectivity index is 1.37. The first-order chi connectivity index (χ1) is 20.4. The molecule has 218 valence electrons. The number of nitrogens with one attached hydrogen (secondary N) is 2. The van der Waals surface area contributed by atoms with Crippen molar-refractivity contribution in [3.05, 3.63) is 89.6 Å². The molecule has 2 heterocycles. The molecule has 1 amide bonds. The minimum Gasteiger partial charge on any atom is -0.493 e. The van der Waals surface area contributed by atoms with Gasteiger partial charge in [-0.3, -0.25) is 9.69 Å². The van der Waals surface area contributed by atoms with Crippen LogP contribution in [0, 0.1) is 13.8 Å². The van der Waals surface area contributed by atoms with E-state index in [1.165, 1.54) is 18.3 Å². The van der Waals surface area contributed by atoms with Crippen LogP contribution in [-0.4, -0.2) is 60.6 Å². The standard InChI is InChI=1S/C33H38N6O3/c1-5-17-38-18-20-39(21-19-38)26-15-13-25(14-16-26)35-33-34-22-27(31(40)36-30-23(2)9-8-10-24(30)3)32(37-33)42-29-12-7-6-11-28(29)41-4/h6-16,22H,5,17-21H2,1-4H3,(H,36,40)(H,34,35,37). The Morgan fingerprint density at radius 3 is 2.26 bits per heavy atom. The molecule has 42 heavy (non-hydrogen) atoms. The second-order valence-electron chi connectivity index (χ2n) is 10.4. The van der Waals surface area contributed by atoms with Gasteiger partial charge < -0.3 is 25.0 Å². The molecular weight excluding hydrogens is 528 g/mol. The summed E-state index contributed by atoms with van der Waals surface area (Å²) < 4.78 is 11.6. The zero-order valence-corrected chi connectivity index (χ0v) is 24.7. The molecule has 4 aromatic rings. The van der Waals surface area contributed by atoms with Crippen LogP contribution in [0.15, 0.2) is 72.9 Å². The summed E-state index contributed by atoms with van der Waals surface area (Å²) in [7, 11) is 1.57. The van der Waals surface area contributed by atoms with Gasteiger partial charge in [0.2, 0.25) is 11.8 Å². The molecule has 9 nitrogen and oxygen atoms in total. The Hall–Kier alpha value is -4.63. The largest absolute Gasteiger partial charge is 0.493 e. The van der Waals surface area contributed by atoms with Crippen LogP contribution in [0.1, 0.15) is 34.8 Å². The molecule has 0 aliphatic carbocycles. The molecule has 1 aliphatic rings.